The molecule has 0 aliphatic heterocycles. The molecule has 3 heteroatoms. The molecule has 1 fully saturated rings. The maximum Gasteiger partial charge on any atom is 0.223 e. The van der Waals surface area contributed by atoms with Crippen LogP contribution in [0.5, 0.6) is 0 Å². The van der Waals surface area contributed by atoms with E-state index in [4.69, 9.17) is 0 Å². The molecule has 2 N–H and O–H groups in total. The van der Waals surface area contributed by atoms with Crippen LogP contribution >= 0.6 is 0 Å². The zero-order valence-electron chi connectivity index (χ0n) is 16.5. The third-order valence-corrected chi connectivity index (χ3v) is 5.78. The average molecular weight is 346 g/mol. The predicted octanol–water partition coefficient (Wildman–Crippen LogP) is 4.81. The lowest BCUT2D eigenvalue weighted by Crippen LogP contribution is -2.37. The van der Waals surface area contributed by atoms with Gasteiger partial charge in [-0.05, 0) is 54.1 Å². The Labute approximate surface area is 153 Å². The number of hydrogen-bond acceptors (Lipinski definition) is 2. The molecule has 0 bridgehead atoms. The van der Waals surface area contributed by atoms with Crippen molar-refractivity contribution < 1.29 is 9.90 Å². The van der Waals surface area contributed by atoms with Gasteiger partial charge in [0.2, 0.25) is 5.91 Å². The number of carbonyl (C=O) groups excluding carboxylic acids is 1. The normalized spacial score (nSPS) is 22.7. The van der Waals surface area contributed by atoms with Crippen LogP contribution in [0, 0.1) is 17.3 Å². The van der Waals surface area contributed by atoms with Crippen molar-refractivity contribution in [1.82, 2.24) is 5.32 Å². The highest BCUT2D eigenvalue weighted by atomic mass is 16.3. The molecule has 1 atom stereocenters. The SMILES string of the molecule is CC(C)c1ccc(C(O)CNC(=O)C2CCC(C(C)(C)C)CC2)cc1. The standard InChI is InChI=1S/C22H35NO2/c1-15(2)16-6-8-17(9-7-16)20(24)14-23-21(25)18-10-12-19(13-11-18)22(3,4)5/h6-9,15,18-20,24H,10-14H2,1-5H3,(H,23,25). The molecular formula is C22H35NO2. The van der Waals surface area contributed by atoms with Gasteiger partial charge in [0, 0.05) is 12.5 Å². The van der Waals surface area contributed by atoms with Crippen LogP contribution in [0.1, 0.15) is 83.5 Å². The molecule has 1 aliphatic carbocycles. The first kappa shape index (κ1) is 20.0. The second-order valence-electron chi connectivity index (χ2n) is 9.00. The van der Waals surface area contributed by atoms with E-state index in [1.807, 2.05) is 12.1 Å². The number of benzene rings is 1. The zero-order valence-corrected chi connectivity index (χ0v) is 16.5. The van der Waals surface area contributed by atoms with Crippen LogP contribution < -0.4 is 5.32 Å². The lowest BCUT2D eigenvalue weighted by Gasteiger charge is -2.36. The van der Waals surface area contributed by atoms with Crippen molar-refractivity contribution in [3.05, 3.63) is 35.4 Å². The molecule has 140 valence electrons. The number of amides is 1. The van der Waals surface area contributed by atoms with Crippen molar-refractivity contribution in [3.63, 3.8) is 0 Å². The summed E-state index contributed by atoms with van der Waals surface area (Å²) in [5, 5.41) is 13.3. The van der Waals surface area contributed by atoms with E-state index >= 15 is 0 Å². The Balaban J connectivity index is 1.80. The smallest absolute Gasteiger partial charge is 0.223 e. The van der Waals surface area contributed by atoms with Crippen molar-refractivity contribution >= 4 is 5.91 Å². The molecule has 0 heterocycles. The first-order chi connectivity index (χ1) is 11.7. The first-order valence-electron chi connectivity index (χ1n) is 9.74. The van der Waals surface area contributed by atoms with Crippen LogP contribution in [0.4, 0.5) is 0 Å². The molecule has 1 unspecified atom stereocenters. The van der Waals surface area contributed by atoms with E-state index in [0.717, 1.165) is 31.2 Å². The van der Waals surface area contributed by atoms with Gasteiger partial charge >= 0.3 is 0 Å². The van der Waals surface area contributed by atoms with Gasteiger partial charge in [-0.15, -0.1) is 0 Å². The molecule has 1 amide bonds. The number of rotatable bonds is 5. The van der Waals surface area contributed by atoms with Gasteiger partial charge in [0.15, 0.2) is 0 Å². The summed E-state index contributed by atoms with van der Waals surface area (Å²) in [5.41, 5.74) is 2.46. The fourth-order valence-electron chi connectivity index (χ4n) is 3.78. The first-order valence-corrected chi connectivity index (χ1v) is 9.74. The minimum Gasteiger partial charge on any atom is -0.387 e. The third-order valence-electron chi connectivity index (χ3n) is 5.78. The number of aliphatic hydroxyl groups is 1. The van der Waals surface area contributed by atoms with Gasteiger partial charge in [-0.25, -0.2) is 0 Å². The van der Waals surface area contributed by atoms with E-state index in [9.17, 15) is 9.90 Å². The van der Waals surface area contributed by atoms with Gasteiger partial charge in [0.1, 0.15) is 0 Å². The molecule has 2 rings (SSSR count). The van der Waals surface area contributed by atoms with E-state index in [-0.39, 0.29) is 11.8 Å². The van der Waals surface area contributed by atoms with E-state index in [0.29, 0.717) is 23.8 Å². The van der Waals surface area contributed by atoms with E-state index in [1.54, 1.807) is 0 Å². The maximum atomic E-state index is 12.4. The number of nitrogens with one attached hydrogen (secondary N) is 1. The minimum absolute atomic E-state index is 0.102. The van der Waals surface area contributed by atoms with Gasteiger partial charge < -0.3 is 10.4 Å². The van der Waals surface area contributed by atoms with Crippen LogP contribution in [0.2, 0.25) is 0 Å². The summed E-state index contributed by atoms with van der Waals surface area (Å²) in [4.78, 5) is 12.4. The second kappa shape index (κ2) is 8.35. The van der Waals surface area contributed by atoms with Crippen molar-refractivity contribution in [2.24, 2.45) is 17.3 Å². The number of hydrogen-bond donors (Lipinski definition) is 2. The predicted molar refractivity (Wildman–Crippen MR) is 103 cm³/mol. The molecule has 0 saturated heterocycles. The maximum absolute atomic E-state index is 12.4. The quantitative estimate of drug-likeness (QED) is 0.804. The Morgan fingerprint density at radius 2 is 1.60 bits per heavy atom. The summed E-state index contributed by atoms with van der Waals surface area (Å²) in [7, 11) is 0. The van der Waals surface area contributed by atoms with Crippen molar-refractivity contribution in [2.75, 3.05) is 6.54 Å². The van der Waals surface area contributed by atoms with Crippen molar-refractivity contribution in [3.8, 4) is 0 Å². The van der Waals surface area contributed by atoms with Crippen molar-refractivity contribution in [2.45, 2.75) is 72.3 Å². The summed E-state index contributed by atoms with van der Waals surface area (Å²) in [6.07, 6.45) is 3.54. The van der Waals surface area contributed by atoms with Crippen molar-refractivity contribution in [1.29, 1.82) is 0 Å². The topological polar surface area (TPSA) is 49.3 Å². The molecule has 1 aromatic rings. The Hall–Kier alpha value is -1.35. The summed E-state index contributed by atoms with van der Waals surface area (Å²) in [6, 6.07) is 8.03. The van der Waals surface area contributed by atoms with E-state index in [2.05, 4.69) is 52.1 Å². The molecular weight excluding hydrogens is 310 g/mol. The molecule has 25 heavy (non-hydrogen) atoms. The van der Waals surface area contributed by atoms with E-state index < -0.39 is 6.10 Å². The van der Waals surface area contributed by atoms with Crippen LogP contribution in [0.25, 0.3) is 0 Å². The van der Waals surface area contributed by atoms with Crippen LogP contribution in [0.3, 0.4) is 0 Å². The van der Waals surface area contributed by atoms with Crippen LogP contribution in [0.15, 0.2) is 24.3 Å². The fraction of sp³-hybridized carbons (Fsp3) is 0.682. The second-order valence-corrected chi connectivity index (χ2v) is 9.00. The Kier molecular flexibility index (Phi) is 6.67. The zero-order chi connectivity index (χ0) is 18.6. The minimum atomic E-state index is -0.643. The molecule has 0 radical (unpaired) electrons. The summed E-state index contributed by atoms with van der Waals surface area (Å²) in [6.45, 7) is 11.5. The van der Waals surface area contributed by atoms with Gasteiger partial charge in [-0.2, -0.15) is 0 Å². The number of carbonyl (C=O) groups is 1. The van der Waals surface area contributed by atoms with Gasteiger partial charge in [0.25, 0.3) is 0 Å². The van der Waals surface area contributed by atoms with Crippen LogP contribution in [-0.4, -0.2) is 17.6 Å². The average Bonchev–Trinajstić information content (AvgIpc) is 2.58. The Morgan fingerprint density at radius 3 is 2.08 bits per heavy atom. The van der Waals surface area contributed by atoms with E-state index in [1.165, 1.54) is 5.56 Å². The monoisotopic (exact) mass is 345 g/mol. The largest absolute Gasteiger partial charge is 0.387 e. The lowest BCUT2D eigenvalue weighted by molar-refractivity contribution is -0.127. The Bertz CT molecular complexity index is 548. The highest BCUT2D eigenvalue weighted by Crippen LogP contribution is 2.39. The molecule has 1 aromatic carbocycles. The number of aliphatic hydroxyl groups excluding tert-OH is 1. The lowest BCUT2D eigenvalue weighted by atomic mass is 9.69. The molecule has 0 aromatic heterocycles. The van der Waals surface area contributed by atoms with Crippen LogP contribution in [-0.2, 0) is 4.79 Å². The van der Waals surface area contributed by atoms with Gasteiger partial charge in [-0.3, -0.25) is 4.79 Å². The Morgan fingerprint density at radius 1 is 1.08 bits per heavy atom. The summed E-state index contributed by atoms with van der Waals surface area (Å²) in [5.74, 6) is 1.40. The fourth-order valence-corrected chi connectivity index (χ4v) is 3.78. The third kappa shape index (κ3) is 5.57. The molecule has 3 nitrogen and oxygen atoms in total. The highest BCUT2D eigenvalue weighted by Gasteiger charge is 2.32. The molecule has 0 spiro atoms. The highest BCUT2D eigenvalue weighted by molar-refractivity contribution is 5.78. The van der Waals surface area contributed by atoms with Gasteiger partial charge in [0.05, 0.1) is 6.10 Å². The summed E-state index contributed by atoms with van der Waals surface area (Å²) < 4.78 is 0. The molecule has 1 aliphatic rings. The summed E-state index contributed by atoms with van der Waals surface area (Å²) >= 11 is 0. The van der Waals surface area contributed by atoms with Gasteiger partial charge in [-0.1, -0.05) is 58.9 Å². The molecule has 1 saturated carbocycles.